The fraction of sp³-hybridized carbons (Fsp3) is 0.429. The number of benzene rings is 1. The zero-order chi connectivity index (χ0) is 16.0. The molecule has 0 spiro atoms. The van der Waals surface area contributed by atoms with E-state index in [0.717, 1.165) is 0 Å². The van der Waals surface area contributed by atoms with Gasteiger partial charge in [0.2, 0.25) is 0 Å². The molecule has 0 bridgehead atoms. The Labute approximate surface area is 122 Å². The minimum atomic E-state index is -0.557. The van der Waals surface area contributed by atoms with E-state index in [9.17, 15) is 19.7 Å². The first-order valence-electron chi connectivity index (χ1n) is 6.37. The molecule has 1 N–H and O–H groups in total. The van der Waals surface area contributed by atoms with Crippen LogP contribution in [0.25, 0.3) is 0 Å². The second kappa shape index (κ2) is 6.83. The number of anilines is 1. The van der Waals surface area contributed by atoms with Gasteiger partial charge >= 0.3 is 5.97 Å². The third-order valence-electron chi connectivity index (χ3n) is 2.38. The Morgan fingerprint density at radius 1 is 1.33 bits per heavy atom. The van der Waals surface area contributed by atoms with Crippen molar-refractivity contribution in [3.8, 4) is 0 Å². The van der Waals surface area contributed by atoms with Gasteiger partial charge in [0, 0.05) is 17.8 Å². The van der Waals surface area contributed by atoms with Gasteiger partial charge in [0.05, 0.1) is 11.3 Å². The van der Waals surface area contributed by atoms with E-state index in [1.54, 1.807) is 0 Å². The van der Waals surface area contributed by atoms with Crippen LogP contribution in [0.1, 0.15) is 27.2 Å². The number of amides is 1. The number of rotatable bonds is 5. The lowest BCUT2D eigenvalue weighted by atomic mass is 9.92. The zero-order valence-electron chi connectivity index (χ0n) is 12.2. The topological polar surface area (TPSA) is 98.5 Å². The molecule has 21 heavy (non-hydrogen) atoms. The van der Waals surface area contributed by atoms with Crippen LogP contribution in [0.4, 0.5) is 11.4 Å². The number of nitrogens with one attached hydrogen (secondary N) is 1. The number of carbonyl (C=O) groups excluding carboxylic acids is 2. The molecule has 0 fully saturated rings. The fourth-order valence-corrected chi connectivity index (χ4v) is 1.52. The summed E-state index contributed by atoms with van der Waals surface area (Å²) in [5.41, 5.74) is -0.0632. The molecular weight excluding hydrogens is 276 g/mol. The van der Waals surface area contributed by atoms with Crippen molar-refractivity contribution in [2.75, 3.05) is 11.9 Å². The van der Waals surface area contributed by atoms with Gasteiger partial charge < -0.3 is 10.1 Å². The zero-order valence-corrected chi connectivity index (χ0v) is 12.2. The van der Waals surface area contributed by atoms with Crippen LogP contribution in [0.2, 0.25) is 0 Å². The van der Waals surface area contributed by atoms with E-state index in [4.69, 9.17) is 4.74 Å². The van der Waals surface area contributed by atoms with Gasteiger partial charge in [0.25, 0.3) is 11.6 Å². The highest BCUT2D eigenvalue weighted by atomic mass is 16.6. The van der Waals surface area contributed by atoms with Crippen LogP contribution in [0, 0.1) is 15.5 Å². The lowest BCUT2D eigenvalue weighted by molar-refractivity contribution is -0.384. The van der Waals surface area contributed by atoms with Crippen LogP contribution in [0.3, 0.4) is 0 Å². The van der Waals surface area contributed by atoms with E-state index in [0.29, 0.717) is 0 Å². The second-order valence-electron chi connectivity index (χ2n) is 5.75. The summed E-state index contributed by atoms with van der Waals surface area (Å²) in [6, 6.07) is 5.52. The van der Waals surface area contributed by atoms with E-state index < -0.39 is 23.4 Å². The molecule has 0 radical (unpaired) electrons. The highest BCUT2D eigenvalue weighted by molar-refractivity contribution is 5.93. The predicted octanol–water partition coefficient (Wildman–Crippen LogP) is 2.51. The lowest BCUT2D eigenvalue weighted by Gasteiger charge is -2.16. The molecule has 1 aromatic carbocycles. The van der Waals surface area contributed by atoms with Gasteiger partial charge in [0.15, 0.2) is 6.61 Å². The normalized spacial score (nSPS) is 10.8. The smallest absolute Gasteiger partial charge is 0.306 e. The minimum absolute atomic E-state index is 0.127. The van der Waals surface area contributed by atoms with Gasteiger partial charge in [-0.2, -0.15) is 0 Å². The second-order valence-corrected chi connectivity index (χ2v) is 5.75. The van der Waals surface area contributed by atoms with Crippen molar-refractivity contribution < 1.29 is 19.2 Å². The lowest BCUT2D eigenvalue weighted by Crippen LogP contribution is -2.23. The molecule has 0 heterocycles. The molecule has 1 amide bonds. The van der Waals surface area contributed by atoms with E-state index in [-0.39, 0.29) is 23.2 Å². The van der Waals surface area contributed by atoms with Crippen molar-refractivity contribution in [2.45, 2.75) is 27.2 Å². The molecule has 1 aromatic rings. The van der Waals surface area contributed by atoms with Gasteiger partial charge in [0.1, 0.15) is 0 Å². The number of hydrogen-bond acceptors (Lipinski definition) is 5. The standard InChI is InChI=1S/C14H18N2O5/c1-14(2,3)8-13(18)21-9-12(17)15-10-5-4-6-11(7-10)16(19)20/h4-7H,8-9H2,1-3H3,(H,15,17). The van der Waals surface area contributed by atoms with Crippen molar-refractivity contribution >= 4 is 23.3 Å². The molecule has 0 aliphatic carbocycles. The molecule has 7 nitrogen and oxygen atoms in total. The number of hydrogen-bond donors (Lipinski definition) is 1. The average Bonchev–Trinajstić information content (AvgIpc) is 2.34. The van der Waals surface area contributed by atoms with Crippen LogP contribution in [0.5, 0.6) is 0 Å². The number of nitrogens with zero attached hydrogens (tertiary/aromatic N) is 1. The fourth-order valence-electron chi connectivity index (χ4n) is 1.52. The summed E-state index contributed by atoms with van der Waals surface area (Å²) in [5.74, 6) is -1.01. The number of esters is 1. The van der Waals surface area contributed by atoms with Crippen molar-refractivity contribution in [3.05, 3.63) is 34.4 Å². The Morgan fingerprint density at radius 3 is 2.57 bits per heavy atom. The Hall–Kier alpha value is -2.44. The van der Waals surface area contributed by atoms with Crippen LogP contribution in [-0.2, 0) is 14.3 Å². The molecule has 0 aromatic heterocycles. The number of ether oxygens (including phenoxy) is 1. The van der Waals surface area contributed by atoms with Gasteiger partial charge in [-0.25, -0.2) is 0 Å². The van der Waals surface area contributed by atoms with Crippen LogP contribution >= 0.6 is 0 Å². The number of nitro benzene ring substituents is 1. The predicted molar refractivity (Wildman–Crippen MR) is 76.8 cm³/mol. The first-order valence-corrected chi connectivity index (χ1v) is 6.37. The molecule has 0 saturated carbocycles. The third kappa shape index (κ3) is 6.51. The van der Waals surface area contributed by atoms with Crippen molar-refractivity contribution in [2.24, 2.45) is 5.41 Å². The maximum atomic E-state index is 11.6. The summed E-state index contributed by atoms with van der Waals surface area (Å²) in [4.78, 5) is 33.1. The van der Waals surface area contributed by atoms with Crippen molar-refractivity contribution in [3.63, 3.8) is 0 Å². The van der Waals surface area contributed by atoms with E-state index in [1.807, 2.05) is 20.8 Å². The Balaban J connectivity index is 2.49. The Kier molecular flexibility index (Phi) is 5.40. The maximum Gasteiger partial charge on any atom is 0.306 e. The largest absolute Gasteiger partial charge is 0.456 e. The van der Waals surface area contributed by atoms with E-state index >= 15 is 0 Å². The Bertz CT molecular complexity index is 549. The highest BCUT2D eigenvalue weighted by Crippen LogP contribution is 2.19. The molecule has 0 aliphatic heterocycles. The van der Waals surface area contributed by atoms with Crippen molar-refractivity contribution in [1.29, 1.82) is 0 Å². The van der Waals surface area contributed by atoms with Crippen LogP contribution in [-0.4, -0.2) is 23.4 Å². The van der Waals surface area contributed by atoms with Gasteiger partial charge in [-0.1, -0.05) is 26.8 Å². The highest BCUT2D eigenvalue weighted by Gasteiger charge is 2.18. The minimum Gasteiger partial charge on any atom is -0.456 e. The first-order chi connectivity index (χ1) is 9.67. The maximum absolute atomic E-state index is 11.6. The molecule has 7 heteroatoms. The number of carbonyl (C=O) groups is 2. The van der Waals surface area contributed by atoms with Crippen LogP contribution in [0.15, 0.2) is 24.3 Å². The summed E-state index contributed by atoms with van der Waals surface area (Å²) in [5, 5.41) is 13.0. The Morgan fingerprint density at radius 2 is 2.00 bits per heavy atom. The molecule has 0 aliphatic rings. The third-order valence-corrected chi connectivity index (χ3v) is 2.38. The van der Waals surface area contributed by atoms with Gasteiger partial charge in [-0.05, 0) is 11.5 Å². The quantitative estimate of drug-likeness (QED) is 0.511. The molecule has 0 unspecified atom stereocenters. The summed E-state index contributed by atoms with van der Waals surface area (Å²) in [6.45, 7) is 5.24. The first kappa shape index (κ1) is 16.6. The van der Waals surface area contributed by atoms with E-state index in [1.165, 1.54) is 24.3 Å². The van der Waals surface area contributed by atoms with Gasteiger partial charge in [-0.15, -0.1) is 0 Å². The molecule has 0 saturated heterocycles. The molecule has 114 valence electrons. The number of nitro groups is 1. The average molecular weight is 294 g/mol. The summed E-state index contributed by atoms with van der Waals surface area (Å²) < 4.78 is 4.84. The summed E-state index contributed by atoms with van der Waals surface area (Å²) in [7, 11) is 0. The van der Waals surface area contributed by atoms with Crippen molar-refractivity contribution in [1.82, 2.24) is 0 Å². The molecule has 1 rings (SSSR count). The SMILES string of the molecule is CC(C)(C)CC(=O)OCC(=O)Nc1cccc([N+](=O)[O-])c1. The molecular formula is C14H18N2O5. The monoisotopic (exact) mass is 294 g/mol. The van der Waals surface area contributed by atoms with Gasteiger partial charge in [-0.3, -0.25) is 19.7 Å². The van der Waals surface area contributed by atoms with Crippen LogP contribution < -0.4 is 5.32 Å². The summed E-state index contributed by atoms with van der Waals surface area (Å²) >= 11 is 0. The number of non-ortho nitro benzene ring substituents is 1. The van der Waals surface area contributed by atoms with E-state index in [2.05, 4.69) is 5.32 Å². The summed E-state index contributed by atoms with van der Waals surface area (Å²) in [6.07, 6.45) is 0.205. The molecule has 0 atom stereocenters.